The maximum atomic E-state index is 12.8. The number of benzene rings is 2. The maximum absolute atomic E-state index is 12.8. The van der Waals surface area contributed by atoms with Crippen LogP contribution in [0.5, 0.6) is 0 Å². The Morgan fingerprint density at radius 3 is 2.54 bits per heavy atom. The highest BCUT2D eigenvalue weighted by Gasteiger charge is 2.21. The largest absolute Gasteiger partial charge is 0.340 e. The molecule has 4 nitrogen and oxygen atoms in total. The van der Waals surface area contributed by atoms with Crippen molar-refractivity contribution in [3.05, 3.63) is 78.1 Å². The Morgan fingerprint density at radius 2 is 1.73 bits per heavy atom. The summed E-state index contributed by atoms with van der Waals surface area (Å²) in [7, 11) is 0. The van der Waals surface area contributed by atoms with E-state index in [9.17, 15) is 4.79 Å². The van der Waals surface area contributed by atoms with E-state index in [1.165, 1.54) is 16.3 Å². The van der Waals surface area contributed by atoms with Gasteiger partial charge in [-0.05, 0) is 28.0 Å². The number of piperazine rings is 1. The van der Waals surface area contributed by atoms with Crippen LogP contribution in [0.25, 0.3) is 10.8 Å². The Labute approximate surface area is 154 Å². The molecule has 2 heterocycles. The number of hydrogen-bond donors (Lipinski definition) is 0. The first-order valence-corrected chi connectivity index (χ1v) is 9.15. The van der Waals surface area contributed by atoms with E-state index in [4.69, 9.17) is 0 Å². The number of nitrogens with zero attached hydrogens (tertiary/aromatic N) is 3. The quantitative estimate of drug-likeness (QED) is 0.729. The van der Waals surface area contributed by atoms with Crippen LogP contribution in [-0.2, 0) is 17.8 Å². The van der Waals surface area contributed by atoms with E-state index in [1.54, 1.807) is 6.20 Å². The average molecular weight is 345 g/mol. The molecule has 132 valence electrons. The average Bonchev–Trinajstić information content (AvgIpc) is 2.70. The van der Waals surface area contributed by atoms with Crippen molar-refractivity contribution in [3.63, 3.8) is 0 Å². The number of aromatic nitrogens is 1. The summed E-state index contributed by atoms with van der Waals surface area (Å²) in [5.74, 6) is 0.224. The van der Waals surface area contributed by atoms with Crippen molar-refractivity contribution in [1.29, 1.82) is 0 Å². The molecule has 0 atom stereocenters. The van der Waals surface area contributed by atoms with Crippen molar-refractivity contribution in [2.75, 3.05) is 26.2 Å². The Hall–Kier alpha value is -2.72. The summed E-state index contributed by atoms with van der Waals surface area (Å²) in [6, 6.07) is 18.5. The molecule has 0 aliphatic carbocycles. The molecule has 26 heavy (non-hydrogen) atoms. The van der Waals surface area contributed by atoms with E-state index < -0.39 is 0 Å². The van der Waals surface area contributed by atoms with Gasteiger partial charge in [-0.2, -0.15) is 0 Å². The van der Waals surface area contributed by atoms with Gasteiger partial charge in [0.15, 0.2) is 0 Å². The SMILES string of the molecule is O=C(Cc1cccc2ccccc12)N1CCN(Cc2cccnc2)CC1. The highest BCUT2D eigenvalue weighted by molar-refractivity contribution is 5.90. The lowest BCUT2D eigenvalue weighted by Gasteiger charge is -2.34. The fourth-order valence-electron chi connectivity index (χ4n) is 3.63. The highest BCUT2D eigenvalue weighted by atomic mass is 16.2. The van der Waals surface area contributed by atoms with Gasteiger partial charge < -0.3 is 4.90 Å². The minimum Gasteiger partial charge on any atom is -0.340 e. The molecule has 1 aromatic heterocycles. The molecule has 1 aliphatic heterocycles. The Bertz CT molecular complexity index is 881. The van der Waals surface area contributed by atoms with Crippen molar-refractivity contribution >= 4 is 16.7 Å². The molecular weight excluding hydrogens is 322 g/mol. The molecular formula is C22H23N3O. The molecule has 0 N–H and O–H groups in total. The zero-order chi connectivity index (χ0) is 17.8. The van der Waals surface area contributed by atoms with Crippen molar-refractivity contribution in [2.24, 2.45) is 0 Å². The second kappa shape index (κ2) is 7.67. The van der Waals surface area contributed by atoms with Gasteiger partial charge >= 0.3 is 0 Å². The van der Waals surface area contributed by atoms with E-state index in [2.05, 4.69) is 40.2 Å². The number of pyridine rings is 1. The smallest absolute Gasteiger partial charge is 0.227 e. The first-order chi connectivity index (χ1) is 12.8. The molecule has 1 aliphatic rings. The van der Waals surface area contributed by atoms with E-state index in [0.29, 0.717) is 6.42 Å². The Morgan fingerprint density at radius 1 is 0.923 bits per heavy atom. The lowest BCUT2D eigenvalue weighted by Crippen LogP contribution is -2.48. The van der Waals surface area contributed by atoms with Gasteiger partial charge in [-0.15, -0.1) is 0 Å². The van der Waals surface area contributed by atoms with Gasteiger partial charge in [-0.3, -0.25) is 14.7 Å². The van der Waals surface area contributed by atoms with Crippen molar-refractivity contribution in [1.82, 2.24) is 14.8 Å². The number of rotatable bonds is 4. The number of amides is 1. The summed E-state index contributed by atoms with van der Waals surface area (Å²) in [6.45, 7) is 4.32. The topological polar surface area (TPSA) is 36.4 Å². The van der Waals surface area contributed by atoms with Crippen LogP contribution in [0.1, 0.15) is 11.1 Å². The van der Waals surface area contributed by atoms with Gasteiger partial charge in [0.05, 0.1) is 6.42 Å². The predicted octanol–water partition coefficient (Wildman–Crippen LogP) is 3.12. The predicted molar refractivity (Wildman–Crippen MR) is 104 cm³/mol. The Balaban J connectivity index is 1.36. The fourth-order valence-corrected chi connectivity index (χ4v) is 3.63. The van der Waals surface area contributed by atoms with Crippen LogP contribution in [-0.4, -0.2) is 46.9 Å². The molecule has 0 saturated carbocycles. The second-order valence-corrected chi connectivity index (χ2v) is 6.83. The number of carbonyl (C=O) groups excluding carboxylic acids is 1. The maximum Gasteiger partial charge on any atom is 0.227 e. The molecule has 4 rings (SSSR count). The van der Waals surface area contributed by atoms with Gasteiger partial charge in [0.25, 0.3) is 0 Å². The third-order valence-electron chi connectivity index (χ3n) is 5.08. The molecule has 0 bridgehead atoms. The van der Waals surface area contributed by atoms with Crippen LogP contribution < -0.4 is 0 Å². The fraction of sp³-hybridized carbons (Fsp3) is 0.273. The van der Waals surface area contributed by atoms with Crippen LogP contribution in [0.15, 0.2) is 67.0 Å². The number of fused-ring (bicyclic) bond motifs is 1. The Kier molecular flexibility index (Phi) is 4.93. The molecule has 0 spiro atoms. The summed E-state index contributed by atoms with van der Waals surface area (Å²) in [5.41, 5.74) is 2.34. The first-order valence-electron chi connectivity index (χ1n) is 9.15. The summed E-state index contributed by atoms with van der Waals surface area (Å²) in [5, 5.41) is 2.37. The molecule has 3 aromatic rings. The zero-order valence-electron chi connectivity index (χ0n) is 14.8. The summed E-state index contributed by atoms with van der Waals surface area (Å²) < 4.78 is 0. The summed E-state index contributed by atoms with van der Waals surface area (Å²) >= 11 is 0. The third kappa shape index (κ3) is 3.75. The van der Waals surface area contributed by atoms with E-state index in [1.807, 2.05) is 35.4 Å². The van der Waals surface area contributed by atoms with Crippen LogP contribution in [0.4, 0.5) is 0 Å². The van der Waals surface area contributed by atoms with Gasteiger partial charge in [0.1, 0.15) is 0 Å². The van der Waals surface area contributed by atoms with Crippen molar-refractivity contribution in [2.45, 2.75) is 13.0 Å². The van der Waals surface area contributed by atoms with Crippen LogP contribution in [0.2, 0.25) is 0 Å². The third-order valence-corrected chi connectivity index (χ3v) is 5.08. The lowest BCUT2D eigenvalue weighted by molar-refractivity contribution is -0.132. The van der Waals surface area contributed by atoms with Gasteiger partial charge in [0.2, 0.25) is 5.91 Å². The molecule has 1 fully saturated rings. The van der Waals surface area contributed by atoms with Crippen LogP contribution >= 0.6 is 0 Å². The molecule has 1 amide bonds. The minimum absolute atomic E-state index is 0.224. The molecule has 0 unspecified atom stereocenters. The molecule has 0 radical (unpaired) electrons. The standard InChI is InChI=1S/C22H23N3O/c26-22(15-20-8-3-7-19-6-1-2-9-21(19)20)25-13-11-24(12-14-25)17-18-5-4-10-23-16-18/h1-10,16H,11-15,17H2. The van der Waals surface area contributed by atoms with Crippen molar-refractivity contribution < 1.29 is 4.79 Å². The molecule has 2 aromatic carbocycles. The van der Waals surface area contributed by atoms with Gasteiger partial charge in [0, 0.05) is 45.1 Å². The van der Waals surface area contributed by atoms with Gasteiger partial charge in [-0.1, -0.05) is 48.5 Å². The number of hydrogen-bond acceptors (Lipinski definition) is 3. The zero-order valence-corrected chi connectivity index (χ0v) is 14.8. The van der Waals surface area contributed by atoms with Gasteiger partial charge in [-0.25, -0.2) is 0 Å². The lowest BCUT2D eigenvalue weighted by atomic mass is 10.0. The summed E-state index contributed by atoms with van der Waals surface area (Å²) in [6.07, 6.45) is 4.19. The van der Waals surface area contributed by atoms with Crippen molar-refractivity contribution in [3.8, 4) is 0 Å². The number of carbonyl (C=O) groups is 1. The van der Waals surface area contributed by atoms with Crippen LogP contribution in [0.3, 0.4) is 0 Å². The van der Waals surface area contributed by atoms with E-state index in [0.717, 1.165) is 38.3 Å². The van der Waals surface area contributed by atoms with E-state index in [-0.39, 0.29) is 5.91 Å². The van der Waals surface area contributed by atoms with Crippen LogP contribution in [0, 0.1) is 0 Å². The first kappa shape index (κ1) is 16.7. The highest BCUT2D eigenvalue weighted by Crippen LogP contribution is 2.20. The second-order valence-electron chi connectivity index (χ2n) is 6.83. The normalized spacial score (nSPS) is 15.3. The monoisotopic (exact) mass is 345 g/mol. The van der Waals surface area contributed by atoms with E-state index >= 15 is 0 Å². The molecule has 1 saturated heterocycles. The minimum atomic E-state index is 0.224. The molecule has 4 heteroatoms. The summed E-state index contributed by atoms with van der Waals surface area (Å²) in [4.78, 5) is 21.3.